The van der Waals surface area contributed by atoms with Crippen molar-refractivity contribution in [3.63, 3.8) is 0 Å². The molecule has 184 valence electrons. The first-order chi connectivity index (χ1) is 16.8. The molecular weight excluding hydrogens is 465 g/mol. The topological polar surface area (TPSA) is 102 Å². The van der Waals surface area contributed by atoms with Gasteiger partial charge in [0.25, 0.3) is 5.91 Å². The summed E-state index contributed by atoms with van der Waals surface area (Å²) in [6.45, 7) is 1.63. The molecule has 2 aromatic heterocycles. The largest absolute Gasteiger partial charge is 0.573 e. The summed E-state index contributed by atoms with van der Waals surface area (Å²) >= 11 is 0. The number of nitrogens with one attached hydrogen (secondary N) is 1. The summed E-state index contributed by atoms with van der Waals surface area (Å²) in [6, 6.07) is 12.3. The lowest BCUT2D eigenvalue weighted by Crippen LogP contribution is -2.24. The number of methoxy groups -OCH3 is 1. The fourth-order valence-corrected chi connectivity index (χ4v) is 3.97. The van der Waals surface area contributed by atoms with Crippen LogP contribution in [0.5, 0.6) is 5.75 Å². The van der Waals surface area contributed by atoms with Crippen molar-refractivity contribution in [3.05, 3.63) is 66.0 Å². The van der Waals surface area contributed by atoms with Crippen molar-refractivity contribution < 1.29 is 27.4 Å². The van der Waals surface area contributed by atoms with Crippen LogP contribution in [0.2, 0.25) is 0 Å². The number of amides is 1. The van der Waals surface area contributed by atoms with E-state index in [0.717, 1.165) is 43.8 Å². The van der Waals surface area contributed by atoms with E-state index in [1.165, 1.54) is 19.2 Å². The first kappa shape index (κ1) is 24.3. The quantitative estimate of drug-likeness (QED) is 0.514. The number of hydrogen-bond donors (Lipinski definition) is 1. The molecule has 0 aliphatic carbocycles. The monoisotopic (exact) mass is 488 g/mol. The van der Waals surface area contributed by atoms with Gasteiger partial charge in [-0.2, -0.15) is 10.2 Å². The number of benzene rings is 1. The summed E-state index contributed by atoms with van der Waals surface area (Å²) in [7, 11) is 1.28. The minimum Gasteiger partial charge on any atom is -0.406 e. The number of halogens is 3. The van der Waals surface area contributed by atoms with E-state index in [9.17, 15) is 18.0 Å². The smallest absolute Gasteiger partial charge is 0.406 e. The molecule has 1 fully saturated rings. The van der Waals surface area contributed by atoms with E-state index in [1.54, 1.807) is 18.3 Å². The Labute approximate surface area is 199 Å². The fourth-order valence-electron chi connectivity index (χ4n) is 3.97. The van der Waals surface area contributed by atoms with Crippen molar-refractivity contribution in [2.75, 3.05) is 30.4 Å². The Morgan fingerprint density at radius 2 is 2.03 bits per heavy atom. The minimum absolute atomic E-state index is 0.193. The van der Waals surface area contributed by atoms with Crippen LogP contribution in [0.15, 0.2) is 54.7 Å². The highest BCUT2D eigenvalue weighted by atomic mass is 19.4. The number of carbonyl (C=O) groups excluding carboxylic acids is 1. The second kappa shape index (κ2) is 10.6. The third kappa shape index (κ3) is 6.63. The number of nitrogens with zero attached hydrogens (tertiary/aromatic N) is 5. The Kier molecular flexibility index (Phi) is 7.39. The van der Waals surface area contributed by atoms with Crippen LogP contribution in [0.25, 0.3) is 0 Å². The summed E-state index contributed by atoms with van der Waals surface area (Å²) in [5.74, 6) is 0.248. The molecule has 9 nitrogen and oxygen atoms in total. The van der Waals surface area contributed by atoms with Gasteiger partial charge in [-0.3, -0.25) is 4.79 Å². The van der Waals surface area contributed by atoms with Crippen molar-refractivity contribution >= 4 is 17.5 Å². The van der Waals surface area contributed by atoms with E-state index < -0.39 is 24.1 Å². The fraction of sp³-hybridized carbons (Fsp3) is 0.348. The van der Waals surface area contributed by atoms with Crippen molar-refractivity contribution in [1.82, 2.24) is 20.4 Å². The predicted octanol–water partition coefficient (Wildman–Crippen LogP) is 3.56. The first-order valence-corrected chi connectivity index (χ1v) is 10.9. The van der Waals surface area contributed by atoms with E-state index in [1.807, 2.05) is 12.1 Å². The van der Waals surface area contributed by atoms with Gasteiger partial charge in [0.2, 0.25) is 0 Å². The van der Waals surface area contributed by atoms with Crippen LogP contribution >= 0.6 is 0 Å². The Balaban J connectivity index is 1.36. The van der Waals surface area contributed by atoms with Crippen LogP contribution in [0.1, 0.15) is 23.8 Å². The van der Waals surface area contributed by atoms with Crippen LogP contribution in [0.4, 0.5) is 24.8 Å². The average molecular weight is 488 g/mol. The zero-order chi connectivity index (χ0) is 24.8. The second-order valence-electron chi connectivity index (χ2n) is 8.02. The molecular formula is C23H23F3N6O3. The lowest BCUT2D eigenvalue weighted by Gasteiger charge is -2.18. The van der Waals surface area contributed by atoms with Gasteiger partial charge >= 0.3 is 6.36 Å². The van der Waals surface area contributed by atoms with Crippen molar-refractivity contribution in [3.8, 4) is 5.75 Å². The van der Waals surface area contributed by atoms with E-state index in [2.05, 4.69) is 35.3 Å². The average Bonchev–Trinajstić information content (AvgIpc) is 3.28. The lowest BCUT2D eigenvalue weighted by atomic mass is 10.0. The maximum absolute atomic E-state index is 12.7. The minimum atomic E-state index is -4.84. The molecule has 4 rings (SSSR count). The van der Waals surface area contributed by atoms with Gasteiger partial charge in [0.05, 0.1) is 5.69 Å². The van der Waals surface area contributed by atoms with Crippen molar-refractivity contribution in [2.24, 2.45) is 5.92 Å². The standard InChI is InChI=1S/C23H23F3N6O3/c1-34-21(16-4-2-6-18(13-16)35-23(24,25)26)22(33)28-19-7-8-20(31-30-19)32-11-9-15(14-32)12-17-5-3-10-27-29-17/h2-8,10,13,15,21H,9,11-12,14H2,1H3,(H,28,30,33)/t15-,21+/m0/s1. The molecule has 35 heavy (non-hydrogen) atoms. The van der Waals surface area contributed by atoms with Crippen LogP contribution in [0, 0.1) is 5.92 Å². The van der Waals surface area contributed by atoms with Crippen molar-refractivity contribution in [2.45, 2.75) is 25.3 Å². The van der Waals surface area contributed by atoms with E-state index in [-0.39, 0.29) is 11.4 Å². The molecule has 0 saturated carbocycles. The number of ether oxygens (including phenoxy) is 2. The molecule has 0 radical (unpaired) electrons. The van der Waals surface area contributed by atoms with Gasteiger partial charge in [-0.15, -0.1) is 23.4 Å². The molecule has 0 spiro atoms. The van der Waals surface area contributed by atoms with Gasteiger partial charge in [-0.05, 0) is 60.7 Å². The molecule has 0 bridgehead atoms. The maximum atomic E-state index is 12.7. The molecule has 1 aromatic carbocycles. The zero-order valence-corrected chi connectivity index (χ0v) is 18.8. The van der Waals surface area contributed by atoms with Gasteiger partial charge < -0.3 is 19.7 Å². The molecule has 1 N–H and O–H groups in total. The second-order valence-corrected chi connectivity index (χ2v) is 8.02. The molecule has 12 heteroatoms. The number of rotatable bonds is 8. The van der Waals surface area contributed by atoms with E-state index in [4.69, 9.17) is 4.74 Å². The van der Waals surface area contributed by atoms with Crippen LogP contribution in [-0.2, 0) is 16.0 Å². The molecule has 0 unspecified atom stereocenters. The third-order valence-electron chi connectivity index (χ3n) is 5.51. The summed E-state index contributed by atoms with van der Waals surface area (Å²) in [6.07, 6.45) is -2.54. The first-order valence-electron chi connectivity index (χ1n) is 10.9. The number of anilines is 2. The maximum Gasteiger partial charge on any atom is 0.573 e. The number of hydrogen-bond acceptors (Lipinski definition) is 8. The highest BCUT2D eigenvalue weighted by Gasteiger charge is 2.32. The molecule has 1 amide bonds. The van der Waals surface area contributed by atoms with Crippen LogP contribution < -0.4 is 15.0 Å². The summed E-state index contributed by atoms with van der Waals surface area (Å²) in [5.41, 5.74) is 1.15. The molecule has 1 aliphatic rings. The third-order valence-corrected chi connectivity index (χ3v) is 5.51. The van der Waals surface area contributed by atoms with Gasteiger partial charge in [-0.1, -0.05) is 12.1 Å². The van der Waals surface area contributed by atoms with Gasteiger partial charge in [0.15, 0.2) is 17.7 Å². The zero-order valence-electron chi connectivity index (χ0n) is 18.8. The summed E-state index contributed by atoms with van der Waals surface area (Å²) < 4.78 is 46.7. The Morgan fingerprint density at radius 3 is 2.71 bits per heavy atom. The molecule has 2 atom stereocenters. The van der Waals surface area contributed by atoms with E-state index >= 15 is 0 Å². The molecule has 1 saturated heterocycles. The predicted molar refractivity (Wildman–Crippen MR) is 120 cm³/mol. The van der Waals surface area contributed by atoms with Gasteiger partial charge in [0.1, 0.15) is 5.75 Å². The highest BCUT2D eigenvalue weighted by Crippen LogP contribution is 2.28. The molecule has 1 aliphatic heterocycles. The summed E-state index contributed by atoms with van der Waals surface area (Å²) in [4.78, 5) is 14.8. The van der Waals surface area contributed by atoms with Crippen LogP contribution in [-0.4, -0.2) is 52.9 Å². The van der Waals surface area contributed by atoms with Crippen molar-refractivity contribution in [1.29, 1.82) is 0 Å². The Hall–Kier alpha value is -3.80. The highest BCUT2D eigenvalue weighted by molar-refractivity contribution is 5.94. The van der Waals surface area contributed by atoms with Crippen LogP contribution in [0.3, 0.4) is 0 Å². The lowest BCUT2D eigenvalue weighted by molar-refractivity contribution is -0.274. The summed E-state index contributed by atoms with van der Waals surface area (Å²) in [5, 5.41) is 18.9. The normalized spacial score (nSPS) is 16.7. The van der Waals surface area contributed by atoms with Gasteiger partial charge in [0, 0.05) is 26.4 Å². The number of alkyl halides is 3. The van der Waals surface area contributed by atoms with E-state index in [0.29, 0.717) is 11.7 Å². The Bertz CT molecular complexity index is 1130. The molecule has 3 heterocycles. The Morgan fingerprint density at radius 1 is 1.17 bits per heavy atom. The number of carbonyl (C=O) groups is 1. The number of aromatic nitrogens is 4. The SMILES string of the molecule is CO[C@@H](C(=O)Nc1ccc(N2CC[C@@H](Cc3cccnn3)C2)nn1)c1cccc(OC(F)(F)F)c1. The van der Waals surface area contributed by atoms with Gasteiger partial charge in [-0.25, -0.2) is 0 Å². The molecule has 3 aromatic rings.